The molecular formula is C18H26ClN. The van der Waals surface area contributed by atoms with Crippen LogP contribution >= 0.6 is 11.6 Å². The maximum atomic E-state index is 6.24. The first-order valence-corrected chi connectivity index (χ1v) is 8.26. The van der Waals surface area contributed by atoms with Crippen LogP contribution in [0.2, 0.25) is 5.02 Å². The molecule has 1 fully saturated rings. The van der Waals surface area contributed by atoms with Crippen molar-refractivity contribution < 1.29 is 0 Å². The van der Waals surface area contributed by atoms with E-state index in [9.17, 15) is 0 Å². The van der Waals surface area contributed by atoms with Crippen molar-refractivity contribution in [2.75, 3.05) is 13.1 Å². The van der Waals surface area contributed by atoms with E-state index >= 15 is 0 Å². The summed E-state index contributed by atoms with van der Waals surface area (Å²) in [4.78, 5) is 0. The Balaban J connectivity index is 2.19. The molecule has 0 heterocycles. The van der Waals surface area contributed by atoms with E-state index in [1.165, 1.54) is 37.7 Å². The Morgan fingerprint density at radius 3 is 2.70 bits per heavy atom. The Morgan fingerprint density at radius 1 is 1.30 bits per heavy atom. The predicted molar refractivity (Wildman–Crippen MR) is 89.3 cm³/mol. The summed E-state index contributed by atoms with van der Waals surface area (Å²) >= 11 is 6.24. The maximum absolute atomic E-state index is 6.24. The molecule has 1 nitrogen and oxygen atoms in total. The fourth-order valence-electron chi connectivity index (χ4n) is 2.97. The van der Waals surface area contributed by atoms with Crippen molar-refractivity contribution >= 4 is 17.7 Å². The maximum Gasteiger partial charge on any atom is 0.0441 e. The van der Waals surface area contributed by atoms with Gasteiger partial charge in [0.2, 0.25) is 0 Å². The van der Waals surface area contributed by atoms with Crippen molar-refractivity contribution in [2.24, 2.45) is 5.92 Å². The fraction of sp³-hybridized carbons (Fsp3) is 0.556. The van der Waals surface area contributed by atoms with E-state index in [0.29, 0.717) is 0 Å². The van der Waals surface area contributed by atoms with Crippen LogP contribution in [0.1, 0.15) is 50.2 Å². The zero-order chi connectivity index (χ0) is 14.4. The topological polar surface area (TPSA) is 12.0 Å². The number of rotatable bonds is 5. The highest BCUT2D eigenvalue weighted by molar-refractivity contribution is 6.31. The summed E-state index contributed by atoms with van der Waals surface area (Å²) in [6.07, 6.45) is 9.20. The van der Waals surface area contributed by atoms with E-state index in [2.05, 4.69) is 43.4 Å². The number of likely N-dealkylation sites (N-methyl/N-ethyl adjacent to an activating group) is 1. The minimum Gasteiger partial charge on any atom is -0.313 e. The molecule has 1 aromatic carbocycles. The fourth-order valence-corrected chi connectivity index (χ4v) is 3.16. The van der Waals surface area contributed by atoms with Crippen LogP contribution < -0.4 is 5.32 Å². The van der Waals surface area contributed by atoms with Gasteiger partial charge in [0.1, 0.15) is 0 Å². The Labute approximate surface area is 128 Å². The largest absolute Gasteiger partial charge is 0.313 e. The highest BCUT2D eigenvalue weighted by atomic mass is 35.5. The molecule has 1 N–H and O–H groups in total. The van der Waals surface area contributed by atoms with E-state index in [1.54, 1.807) is 5.57 Å². The lowest BCUT2D eigenvalue weighted by atomic mass is 9.83. The molecule has 1 aliphatic carbocycles. The molecule has 0 atom stereocenters. The number of hydrogen-bond donors (Lipinski definition) is 1. The number of aryl methyl sites for hydroxylation is 1. The third-order valence-corrected chi connectivity index (χ3v) is 4.66. The highest BCUT2D eigenvalue weighted by Gasteiger charge is 2.17. The van der Waals surface area contributed by atoms with Gasteiger partial charge < -0.3 is 5.32 Å². The normalized spacial score (nSPS) is 17.4. The standard InChI is InChI=1S/C18H26ClN/c1-3-20-13-17(16-7-5-4-6-8-16)11-15-10-9-14(2)18(19)12-15/h9-12,16,20H,3-8,13H2,1-2H3/b17-11-. The first kappa shape index (κ1) is 15.6. The van der Waals surface area contributed by atoms with Crippen LogP contribution in [0.3, 0.4) is 0 Å². The molecule has 2 rings (SSSR count). The molecule has 2 heteroatoms. The van der Waals surface area contributed by atoms with Crippen LogP contribution in [0.25, 0.3) is 6.08 Å². The summed E-state index contributed by atoms with van der Waals surface area (Å²) in [6, 6.07) is 6.38. The zero-order valence-corrected chi connectivity index (χ0v) is 13.5. The van der Waals surface area contributed by atoms with E-state index < -0.39 is 0 Å². The van der Waals surface area contributed by atoms with Crippen molar-refractivity contribution in [1.82, 2.24) is 5.32 Å². The van der Waals surface area contributed by atoms with Crippen LogP contribution in [-0.4, -0.2) is 13.1 Å². The van der Waals surface area contributed by atoms with Crippen molar-refractivity contribution in [1.29, 1.82) is 0 Å². The minimum atomic E-state index is 0.753. The Bertz CT molecular complexity index is 458. The van der Waals surface area contributed by atoms with Crippen molar-refractivity contribution in [3.05, 3.63) is 39.9 Å². The van der Waals surface area contributed by atoms with Crippen molar-refractivity contribution in [3.63, 3.8) is 0 Å². The van der Waals surface area contributed by atoms with Crippen LogP contribution in [0.4, 0.5) is 0 Å². The summed E-state index contributed by atoms with van der Waals surface area (Å²) in [5, 5.41) is 4.36. The second-order valence-electron chi connectivity index (χ2n) is 5.84. The van der Waals surface area contributed by atoms with Gasteiger partial charge in [-0.15, -0.1) is 0 Å². The minimum absolute atomic E-state index is 0.753. The quantitative estimate of drug-likeness (QED) is 0.784. The molecular weight excluding hydrogens is 266 g/mol. The number of halogens is 1. The summed E-state index contributed by atoms with van der Waals surface area (Å²) in [7, 11) is 0. The second kappa shape index (κ2) is 7.85. The van der Waals surface area contributed by atoms with Crippen LogP contribution in [0.5, 0.6) is 0 Å². The van der Waals surface area contributed by atoms with Crippen LogP contribution in [0, 0.1) is 12.8 Å². The lowest BCUT2D eigenvalue weighted by Crippen LogP contribution is -2.22. The zero-order valence-electron chi connectivity index (χ0n) is 12.7. The lowest BCUT2D eigenvalue weighted by molar-refractivity contribution is 0.397. The van der Waals surface area contributed by atoms with Crippen molar-refractivity contribution in [2.45, 2.75) is 46.0 Å². The molecule has 0 saturated heterocycles. The first-order valence-electron chi connectivity index (χ1n) is 7.88. The molecule has 0 aromatic heterocycles. The summed E-state index contributed by atoms with van der Waals surface area (Å²) < 4.78 is 0. The smallest absolute Gasteiger partial charge is 0.0441 e. The van der Waals surface area contributed by atoms with Gasteiger partial charge in [-0.3, -0.25) is 0 Å². The number of benzene rings is 1. The van der Waals surface area contributed by atoms with Gasteiger partial charge in [-0.05, 0) is 49.4 Å². The second-order valence-corrected chi connectivity index (χ2v) is 6.25. The lowest BCUT2D eigenvalue weighted by Gasteiger charge is -2.25. The summed E-state index contributed by atoms with van der Waals surface area (Å²) in [6.45, 7) is 6.25. The molecule has 1 saturated carbocycles. The molecule has 0 unspecified atom stereocenters. The van der Waals surface area contributed by atoms with Crippen LogP contribution in [-0.2, 0) is 0 Å². The van der Waals surface area contributed by atoms with Gasteiger partial charge in [0.05, 0.1) is 0 Å². The van der Waals surface area contributed by atoms with Gasteiger partial charge >= 0.3 is 0 Å². The van der Waals surface area contributed by atoms with Crippen LogP contribution in [0.15, 0.2) is 23.8 Å². The van der Waals surface area contributed by atoms with E-state index in [-0.39, 0.29) is 0 Å². The Kier molecular flexibility index (Phi) is 6.12. The van der Waals surface area contributed by atoms with Gasteiger partial charge in [0.15, 0.2) is 0 Å². The molecule has 110 valence electrons. The SMILES string of the molecule is CCNC/C(=C/c1ccc(C)c(Cl)c1)C1CCCCC1. The molecule has 20 heavy (non-hydrogen) atoms. The molecule has 0 spiro atoms. The molecule has 0 bridgehead atoms. The van der Waals surface area contributed by atoms with Gasteiger partial charge in [-0.1, -0.05) is 61.6 Å². The molecule has 1 aromatic rings. The molecule has 0 aliphatic heterocycles. The Hall–Kier alpha value is -0.790. The van der Waals surface area contributed by atoms with Gasteiger partial charge in [-0.2, -0.15) is 0 Å². The molecule has 0 amide bonds. The molecule has 0 radical (unpaired) electrons. The predicted octanol–water partition coefficient (Wildman–Crippen LogP) is 5.22. The van der Waals surface area contributed by atoms with Gasteiger partial charge in [-0.25, -0.2) is 0 Å². The van der Waals surface area contributed by atoms with E-state index in [0.717, 1.165) is 29.6 Å². The summed E-state index contributed by atoms with van der Waals surface area (Å²) in [5.74, 6) is 0.753. The highest BCUT2D eigenvalue weighted by Crippen LogP contribution is 2.31. The first-order chi connectivity index (χ1) is 9.70. The third-order valence-electron chi connectivity index (χ3n) is 4.26. The number of nitrogens with one attached hydrogen (secondary N) is 1. The summed E-state index contributed by atoms with van der Waals surface area (Å²) in [5.41, 5.74) is 3.93. The molecule has 1 aliphatic rings. The monoisotopic (exact) mass is 291 g/mol. The Morgan fingerprint density at radius 2 is 2.05 bits per heavy atom. The average Bonchev–Trinajstić information content (AvgIpc) is 2.48. The average molecular weight is 292 g/mol. The van der Waals surface area contributed by atoms with Gasteiger partial charge in [0, 0.05) is 11.6 Å². The number of hydrogen-bond acceptors (Lipinski definition) is 1. The van der Waals surface area contributed by atoms with E-state index in [4.69, 9.17) is 11.6 Å². The van der Waals surface area contributed by atoms with E-state index in [1.807, 2.05) is 0 Å². The third kappa shape index (κ3) is 4.36. The van der Waals surface area contributed by atoms with Gasteiger partial charge in [0.25, 0.3) is 0 Å². The van der Waals surface area contributed by atoms with Crippen molar-refractivity contribution in [3.8, 4) is 0 Å².